The highest BCUT2D eigenvalue weighted by molar-refractivity contribution is 7.16. The molecule has 22 heavy (non-hydrogen) atoms. The highest BCUT2D eigenvalue weighted by Gasteiger charge is 2.20. The van der Waals surface area contributed by atoms with Crippen LogP contribution in [-0.2, 0) is 4.74 Å². The normalized spacial score (nSPS) is 9.82. The summed E-state index contributed by atoms with van der Waals surface area (Å²) in [5.41, 5.74) is 0.718. The Hall–Kier alpha value is -2.65. The molecular formula is C16H14N2O3S. The summed E-state index contributed by atoms with van der Waals surface area (Å²) in [6.45, 7) is 0.296. The van der Waals surface area contributed by atoms with Gasteiger partial charge in [0.2, 0.25) is 0 Å². The van der Waals surface area contributed by atoms with Gasteiger partial charge in [0.1, 0.15) is 4.88 Å². The van der Waals surface area contributed by atoms with Crippen molar-refractivity contribution in [3.05, 3.63) is 52.2 Å². The molecule has 0 saturated carbocycles. The second-order valence-corrected chi connectivity index (χ2v) is 5.44. The maximum absolute atomic E-state index is 12.7. The number of anilines is 1. The van der Waals surface area contributed by atoms with E-state index in [1.807, 2.05) is 36.4 Å². The number of ether oxygens (including phenoxy) is 1. The van der Waals surface area contributed by atoms with Crippen LogP contribution in [0.1, 0.15) is 25.8 Å². The fourth-order valence-electron chi connectivity index (χ4n) is 1.91. The molecule has 0 aliphatic rings. The molecule has 0 aliphatic heterocycles. The number of hydrogen-bond donors (Lipinski definition) is 0. The van der Waals surface area contributed by atoms with Gasteiger partial charge in [-0.15, -0.1) is 11.3 Å². The summed E-state index contributed by atoms with van der Waals surface area (Å²) in [7, 11) is 1.30. The van der Waals surface area contributed by atoms with E-state index >= 15 is 0 Å². The molecule has 1 amide bonds. The van der Waals surface area contributed by atoms with Crippen LogP contribution in [0.25, 0.3) is 0 Å². The first-order valence-electron chi connectivity index (χ1n) is 6.59. The van der Waals surface area contributed by atoms with Crippen molar-refractivity contribution < 1.29 is 14.3 Å². The van der Waals surface area contributed by atoms with Crippen LogP contribution in [0.15, 0.2) is 42.5 Å². The molecule has 1 aromatic carbocycles. The average molecular weight is 314 g/mol. The van der Waals surface area contributed by atoms with Crippen LogP contribution in [0.2, 0.25) is 0 Å². The predicted octanol–water partition coefficient (Wildman–Crippen LogP) is 3.10. The monoisotopic (exact) mass is 314 g/mol. The summed E-state index contributed by atoms with van der Waals surface area (Å²) in [5.74, 6) is -0.700. The van der Waals surface area contributed by atoms with Gasteiger partial charge in [0, 0.05) is 12.2 Å². The molecule has 0 aliphatic carbocycles. The minimum absolute atomic E-state index is 0.232. The van der Waals surface area contributed by atoms with Gasteiger partial charge in [-0.1, -0.05) is 18.2 Å². The predicted molar refractivity (Wildman–Crippen MR) is 84.0 cm³/mol. The van der Waals surface area contributed by atoms with Crippen molar-refractivity contribution >= 4 is 28.9 Å². The van der Waals surface area contributed by atoms with Crippen LogP contribution in [0.3, 0.4) is 0 Å². The van der Waals surface area contributed by atoms with Crippen molar-refractivity contribution in [1.29, 1.82) is 5.26 Å². The second kappa shape index (κ2) is 7.38. The zero-order valence-electron chi connectivity index (χ0n) is 12.0. The topological polar surface area (TPSA) is 70.4 Å². The van der Waals surface area contributed by atoms with E-state index in [0.29, 0.717) is 16.3 Å². The molecule has 1 aromatic heterocycles. The molecule has 112 valence electrons. The molecule has 0 atom stereocenters. The van der Waals surface area contributed by atoms with E-state index in [1.54, 1.807) is 12.1 Å². The standard InChI is InChI=1S/C16H14N2O3S/c1-21-16(20)14-9-8-13(22-14)15(19)18(11-5-10-17)12-6-3-2-4-7-12/h2-4,6-9H,5,11H2,1H3. The Balaban J connectivity index is 2.27. The Labute approximate surface area is 132 Å². The Kier molecular flexibility index (Phi) is 5.28. The lowest BCUT2D eigenvalue weighted by Crippen LogP contribution is -2.31. The molecule has 1 heterocycles. The summed E-state index contributed by atoms with van der Waals surface area (Å²) in [5, 5.41) is 8.78. The van der Waals surface area contributed by atoms with E-state index in [1.165, 1.54) is 12.0 Å². The first-order chi connectivity index (χ1) is 10.7. The highest BCUT2D eigenvalue weighted by Crippen LogP contribution is 2.23. The second-order valence-electron chi connectivity index (χ2n) is 4.36. The lowest BCUT2D eigenvalue weighted by atomic mass is 10.2. The molecule has 0 saturated heterocycles. The van der Waals surface area contributed by atoms with Gasteiger partial charge in [-0.25, -0.2) is 4.79 Å². The SMILES string of the molecule is COC(=O)c1ccc(C(=O)N(CCC#N)c2ccccc2)s1. The fraction of sp³-hybridized carbons (Fsp3) is 0.188. The van der Waals surface area contributed by atoms with E-state index in [2.05, 4.69) is 4.74 Å². The highest BCUT2D eigenvalue weighted by atomic mass is 32.1. The quantitative estimate of drug-likeness (QED) is 0.795. The molecule has 0 fully saturated rings. The number of hydrogen-bond acceptors (Lipinski definition) is 5. The summed E-state index contributed by atoms with van der Waals surface area (Å²) in [6.07, 6.45) is 0.232. The molecular weight excluding hydrogens is 300 g/mol. The van der Waals surface area contributed by atoms with Crippen LogP contribution < -0.4 is 4.90 Å². The van der Waals surface area contributed by atoms with Crippen molar-refractivity contribution in [2.24, 2.45) is 0 Å². The van der Waals surface area contributed by atoms with Crippen molar-refractivity contribution in [3.63, 3.8) is 0 Å². The van der Waals surface area contributed by atoms with Gasteiger partial charge in [-0.2, -0.15) is 5.26 Å². The molecule has 0 unspecified atom stereocenters. The molecule has 0 N–H and O–H groups in total. The largest absolute Gasteiger partial charge is 0.465 e. The lowest BCUT2D eigenvalue weighted by molar-refractivity contribution is 0.0606. The molecule has 2 aromatic rings. The molecule has 0 bridgehead atoms. The minimum Gasteiger partial charge on any atom is -0.465 e. The number of benzene rings is 1. The van der Waals surface area contributed by atoms with Crippen LogP contribution in [0.4, 0.5) is 5.69 Å². The van der Waals surface area contributed by atoms with E-state index in [-0.39, 0.29) is 12.3 Å². The first kappa shape index (κ1) is 15.7. The summed E-state index contributed by atoms with van der Waals surface area (Å²) in [4.78, 5) is 26.5. The van der Waals surface area contributed by atoms with Crippen molar-refractivity contribution in [2.45, 2.75) is 6.42 Å². The average Bonchev–Trinajstić information content (AvgIpc) is 3.05. The Morgan fingerprint density at radius 1 is 1.18 bits per heavy atom. The Morgan fingerprint density at radius 3 is 2.50 bits per heavy atom. The smallest absolute Gasteiger partial charge is 0.348 e. The van der Waals surface area contributed by atoms with E-state index < -0.39 is 5.97 Å². The fourth-order valence-corrected chi connectivity index (χ4v) is 2.79. The van der Waals surface area contributed by atoms with Gasteiger partial charge < -0.3 is 9.64 Å². The van der Waals surface area contributed by atoms with E-state index in [9.17, 15) is 9.59 Å². The molecule has 5 nitrogen and oxygen atoms in total. The van der Waals surface area contributed by atoms with Crippen LogP contribution in [0, 0.1) is 11.3 Å². The zero-order valence-corrected chi connectivity index (χ0v) is 12.8. The summed E-state index contributed by atoms with van der Waals surface area (Å²) in [6, 6.07) is 14.3. The number of rotatable bonds is 5. The van der Waals surface area contributed by atoms with Gasteiger partial charge >= 0.3 is 5.97 Å². The molecule has 0 spiro atoms. The molecule has 6 heteroatoms. The molecule has 0 radical (unpaired) electrons. The third kappa shape index (κ3) is 3.51. The zero-order chi connectivity index (χ0) is 15.9. The molecule has 2 rings (SSSR count). The number of para-hydroxylation sites is 1. The number of nitrogens with zero attached hydrogens (tertiary/aromatic N) is 2. The first-order valence-corrected chi connectivity index (χ1v) is 7.41. The number of methoxy groups -OCH3 is 1. The van der Waals surface area contributed by atoms with Gasteiger partial charge in [-0.05, 0) is 24.3 Å². The van der Waals surface area contributed by atoms with Crippen LogP contribution in [0.5, 0.6) is 0 Å². The van der Waals surface area contributed by atoms with E-state index in [4.69, 9.17) is 5.26 Å². The van der Waals surface area contributed by atoms with Gasteiger partial charge in [-0.3, -0.25) is 4.79 Å². The number of carbonyl (C=O) groups excluding carboxylic acids is 2. The maximum atomic E-state index is 12.7. The number of nitriles is 1. The van der Waals surface area contributed by atoms with Crippen LogP contribution >= 0.6 is 11.3 Å². The van der Waals surface area contributed by atoms with Crippen molar-refractivity contribution in [1.82, 2.24) is 0 Å². The third-order valence-corrected chi connectivity index (χ3v) is 4.02. The number of thiophene rings is 1. The van der Waals surface area contributed by atoms with Gasteiger partial charge in [0.05, 0.1) is 24.5 Å². The maximum Gasteiger partial charge on any atom is 0.348 e. The number of carbonyl (C=O) groups is 2. The Bertz CT molecular complexity index is 704. The third-order valence-electron chi connectivity index (χ3n) is 2.96. The number of amides is 1. The Morgan fingerprint density at radius 2 is 1.86 bits per heavy atom. The lowest BCUT2D eigenvalue weighted by Gasteiger charge is -2.21. The van der Waals surface area contributed by atoms with E-state index in [0.717, 1.165) is 17.0 Å². The van der Waals surface area contributed by atoms with Gasteiger partial charge in [0.25, 0.3) is 5.91 Å². The number of esters is 1. The van der Waals surface area contributed by atoms with Crippen molar-refractivity contribution in [3.8, 4) is 6.07 Å². The minimum atomic E-state index is -0.465. The summed E-state index contributed by atoms with van der Waals surface area (Å²) >= 11 is 1.08. The van der Waals surface area contributed by atoms with Crippen molar-refractivity contribution in [2.75, 3.05) is 18.6 Å². The summed E-state index contributed by atoms with van der Waals surface area (Å²) < 4.78 is 4.64. The van der Waals surface area contributed by atoms with Gasteiger partial charge in [0.15, 0.2) is 0 Å². The van der Waals surface area contributed by atoms with Crippen LogP contribution in [-0.4, -0.2) is 25.5 Å².